The van der Waals surface area contributed by atoms with Crippen molar-refractivity contribution in [1.29, 1.82) is 5.41 Å². The highest BCUT2D eigenvalue weighted by molar-refractivity contribution is 8.03. The van der Waals surface area contributed by atoms with Gasteiger partial charge in [0.15, 0.2) is 12.1 Å². The molecule has 0 amide bonds. The molecule has 84 valence electrons. The average Bonchev–Trinajstić information content (AvgIpc) is 2.87. The molecular weight excluding hydrogens is 230 g/mol. The first kappa shape index (κ1) is 10.5. The summed E-state index contributed by atoms with van der Waals surface area (Å²) in [6.45, 7) is 0. The Morgan fingerprint density at radius 2 is 2.12 bits per heavy atom. The van der Waals surface area contributed by atoms with Crippen LogP contribution in [0.5, 0.6) is 0 Å². The van der Waals surface area contributed by atoms with E-state index in [2.05, 4.69) is 21.9 Å². The van der Waals surface area contributed by atoms with Crippen molar-refractivity contribution in [2.24, 2.45) is 4.99 Å². The zero-order valence-corrected chi connectivity index (χ0v) is 10.3. The monoisotopic (exact) mass is 242 g/mol. The number of allylic oxidation sites excluding steroid dienone is 1. The van der Waals surface area contributed by atoms with E-state index < -0.39 is 0 Å². The van der Waals surface area contributed by atoms with Crippen molar-refractivity contribution in [2.45, 2.75) is 0 Å². The number of hydrogen-bond acceptors (Lipinski definition) is 2. The molecule has 0 saturated carbocycles. The third kappa shape index (κ3) is 1.74. The molecular formula is C13H12N3S+. The Balaban J connectivity index is 2.04. The number of amidine groups is 1. The Morgan fingerprint density at radius 3 is 2.82 bits per heavy atom. The van der Waals surface area contributed by atoms with Gasteiger partial charge in [0.25, 0.3) is 0 Å². The standard InChI is InChI=1S/C13H12N3S/c1-16-6-7-17-12(16)8-11-9-4-2-3-5-10(9)13(14)15-11/h2-6,8,14H,7H2,1H3/q+1. The number of rotatable bonds is 1. The Bertz CT molecular complexity index is 596. The third-order valence-electron chi connectivity index (χ3n) is 2.88. The molecule has 0 bridgehead atoms. The fourth-order valence-corrected chi connectivity index (χ4v) is 2.89. The van der Waals surface area contributed by atoms with Crippen LogP contribution in [0.4, 0.5) is 0 Å². The first-order chi connectivity index (χ1) is 8.25. The van der Waals surface area contributed by atoms with E-state index in [9.17, 15) is 0 Å². The fourth-order valence-electron chi connectivity index (χ4n) is 1.95. The molecule has 3 rings (SSSR count). The molecule has 2 aliphatic rings. The predicted octanol–water partition coefficient (Wildman–Crippen LogP) is 2.12. The normalized spacial score (nSPS) is 20.5. The van der Waals surface area contributed by atoms with Gasteiger partial charge in [-0.15, -0.1) is 0 Å². The summed E-state index contributed by atoms with van der Waals surface area (Å²) in [5, 5.41) is 9.03. The number of aliphatic imine (C=N–C) groups is 1. The van der Waals surface area contributed by atoms with Crippen LogP contribution in [0.2, 0.25) is 0 Å². The lowest BCUT2D eigenvalue weighted by molar-refractivity contribution is -0.422. The third-order valence-corrected chi connectivity index (χ3v) is 3.90. The van der Waals surface area contributed by atoms with E-state index in [0.29, 0.717) is 5.84 Å². The van der Waals surface area contributed by atoms with Crippen LogP contribution in [0.25, 0.3) is 0 Å². The number of fused-ring (bicyclic) bond motifs is 1. The highest BCUT2D eigenvalue weighted by Gasteiger charge is 2.22. The number of nitrogens with one attached hydrogen (secondary N) is 1. The minimum atomic E-state index is 0.363. The molecule has 0 radical (unpaired) electrons. The smallest absolute Gasteiger partial charge is 0.242 e. The van der Waals surface area contributed by atoms with Crippen LogP contribution < -0.4 is 0 Å². The second-order valence-electron chi connectivity index (χ2n) is 3.98. The summed E-state index contributed by atoms with van der Waals surface area (Å²) in [4.78, 5) is 4.32. The maximum absolute atomic E-state index is 7.84. The van der Waals surface area contributed by atoms with Gasteiger partial charge >= 0.3 is 0 Å². The van der Waals surface area contributed by atoms with Crippen molar-refractivity contribution in [3.05, 3.63) is 46.5 Å². The Labute approximate surface area is 104 Å². The van der Waals surface area contributed by atoms with Gasteiger partial charge < -0.3 is 0 Å². The summed E-state index contributed by atoms with van der Waals surface area (Å²) in [7, 11) is 2.04. The van der Waals surface area contributed by atoms with Crippen LogP contribution in [0.15, 0.2) is 40.4 Å². The lowest BCUT2D eigenvalue weighted by atomic mass is 10.1. The van der Waals surface area contributed by atoms with E-state index in [-0.39, 0.29) is 0 Å². The maximum Gasteiger partial charge on any atom is 0.242 e. The highest BCUT2D eigenvalue weighted by atomic mass is 32.2. The van der Waals surface area contributed by atoms with Gasteiger partial charge in [-0.05, 0) is 11.8 Å². The molecule has 0 atom stereocenters. The second kappa shape index (κ2) is 3.96. The zero-order valence-electron chi connectivity index (χ0n) is 9.47. The molecule has 1 aromatic rings. The molecule has 1 N–H and O–H groups in total. The molecule has 0 aromatic heterocycles. The van der Waals surface area contributed by atoms with E-state index in [0.717, 1.165) is 22.6 Å². The topological polar surface area (TPSA) is 39.2 Å². The number of hydrogen-bond donors (Lipinski definition) is 1. The Morgan fingerprint density at radius 1 is 1.35 bits per heavy atom. The molecule has 0 aliphatic carbocycles. The predicted molar refractivity (Wildman–Crippen MR) is 72.6 cm³/mol. The van der Waals surface area contributed by atoms with Gasteiger partial charge in [-0.3, -0.25) is 5.41 Å². The lowest BCUT2D eigenvalue weighted by Crippen LogP contribution is -2.01. The van der Waals surface area contributed by atoms with Crippen LogP contribution in [-0.2, 0) is 0 Å². The fraction of sp³-hybridized carbons (Fsp3) is 0.154. The molecule has 17 heavy (non-hydrogen) atoms. The molecule has 2 aliphatic heterocycles. The largest absolute Gasteiger partial charge is 0.282 e. The summed E-state index contributed by atoms with van der Waals surface area (Å²) in [5.74, 6) is 1.37. The van der Waals surface area contributed by atoms with Gasteiger partial charge in [0.1, 0.15) is 7.05 Å². The van der Waals surface area contributed by atoms with E-state index in [1.54, 1.807) is 11.8 Å². The summed E-state index contributed by atoms with van der Waals surface area (Å²) < 4.78 is 2.11. The summed E-state index contributed by atoms with van der Waals surface area (Å²) >= 11 is 1.79. The Kier molecular flexibility index (Phi) is 2.44. The molecule has 0 saturated heterocycles. The van der Waals surface area contributed by atoms with Crippen molar-refractivity contribution >= 4 is 29.5 Å². The van der Waals surface area contributed by atoms with E-state index in [1.165, 1.54) is 5.03 Å². The minimum Gasteiger partial charge on any atom is -0.282 e. The van der Waals surface area contributed by atoms with Crippen molar-refractivity contribution in [3.63, 3.8) is 0 Å². The van der Waals surface area contributed by atoms with Crippen LogP contribution in [0.1, 0.15) is 11.1 Å². The maximum atomic E-state index is 7.84. The van der Waals surface area contributed by atoms with E-state index in [1.807, 2.05) is 31.3 Å². The van der Waals surface area contributed by atoms with Gasteiger partial charge in [-0.2, -0.15) is 4.58 Å². The van der Waals surface area contributed by atoms with E-state index >= 15 is 0 Å². The van der Waals surface area contributed by atoms with Crippen molar-refractivity contribution in [2.75, 3.05) is 12.8 Å². The summed E-state index contributed by atoms with van der Waals surface area (Å²) in [6.07, 6.45) is 4.21. The van der Waals surface area contributed by atoms with Crippen LogP contribution in [0, 0.1) is 5.41 Å². The van der Waals surface area contributed by atoms with Crippen LogP contribution >= 0.6 is 11.8 Å². The lowest BCUT2D eigenvalue weighted by Gasteiger charge is -1.97. The van der Waals surface area contributed by atoms with Gasteiger partial charge in [0, 0.05) is 17.2 Å². The van der Waals surface area contributed by atoms with Crippen molar-refractivity contribution in [1.82, 2.24) is 0 Å². The van der Waals surface area contributed by atoms with Gasteiger partial charge in [-0.25, -0.2) is 4.99 Å². The van der Waals surface area contributed by atoms with Crippen molar-refractivity contribution < 1.29 is 4.58 Å². The first-order valence-corrected chi connectivity index (χ1v) is 6.42. The molecule has 0 spiro atoms. The Hall–Kier alpha value is -1.68. The van der Waals surface area contributed by atoms with Gasteiger partial charge in [0.2, 0.25) is 5.03 Å². The van der Waals surface area contributed by atoms with Crippen molar-refractivity contribution in [3.8, 4) is 0 Å². The molecule has 0 unspecified atom stereocenters. The first-order valence-electron chi connectivity index (χ1n) is 5.43. The van der Waals surface area contributed by atoms with Gasteiger partial charge in [-0.1, -0.05) is 24.3 Å². The second-order valence-corrected chi connectivity index (χ2v) is 5.02. The van der Waals surface area contributed by atoms with Crippen LogP contribution in [-0.4, -0.2) is 35.1 Å². The highest BCUT2D eigenvalue weighted by Crippen LogP contribution is 2.24. The SMILES string of the molecule is C[N+]1=CCSC1=CC1=NC(=N)c2ccccc21. The average molecular weight is 242 g/mol. The molecule has 0 fully saturated rings. The van der Waals surface area contributed by atoms with E-state index in [4.69, 9.17) is 5.41 Å². The number of benzene rings is 1. The minimum absolute atomic E-state index is 0.363. The number of nitrogens with zero attached hydrogens (tertiary/aromatic N) is 2. The molecule has 3 nitrogen and oxygen atoms in total. The number of thioether (sulfide) groups is 1. The quantitative estimate of drug-likeness (QED) is 0.753. The molecule has 2 heterocycles. The molecule has 1 aromatic carbocycles. The van der Waals surface area contributed by atoms with Crippen LogP contribution in [0.3, 0.4) is 0 Å². The summed E-state index contributed by atoms with van der Waals surface area (Å²) in [5.41, 5.74) is 2.88. The van der Waals surface area contributed by atoms with Gasteiger partial charge in [0.05, 0.1) is 11.5 Å². The summed E-state index contributed by atoms with van der Waals surface area (Å²) in [6, 6.07) is 7.91. The molecule has 4 heteroatoms. The zero-order chi connectivity index (χ0) is 11.8.